The molecule has 0 aliphatic carbocycles. The summed E-state index contributed by atoms with van der Waals surface area (Å²) >= 11 is 6.09. The molecule has 4 heterocycles. The van der Waals surface area contributed by atoms with Crippen LogP contribution in [0.3, 0.4) is 0 Å². The summed E-state index contributed by atoms with van der Waals surface area (Å²) in [5.41, 5.74) is 8.43. The Morgan fingerprint density at radius 2 is 1.83 bits per heavy atom. The van der Waals surface area contributed by atoms with Crippen LogP contribution in [0.15, 0.2) is 73.4 Å². The minimum atomic E-state index is -4.65. The van der Waals surface area contributed by atoms with Crippen LogP contribution >= 0.6 is 11.6 Å². The van der Waals surface area contributed by atoms with Gasteiger partial charge in [0.15, 0.2) is 12.4 Å². The predicted molar refractivity (Wildman–Crippen MR) is 126 cm³/mol. The number of hydrogen-bond acceptors (Lipinski definition) is 6. The van der Waals surface area contributed by atoms with E-state index < -0.39 is 12.2 Å². The normalized spacial score (nSPS) is 12.3. The number of pyridine rings is 3. The van der Waals surface area contributed by atoms with Crippen molar-refractivity contribution in [3.05, 3.63) is 94.9 Å². The van der Waals surface area contributed by atoms with E-state index >= 15 is 0 Å². The lowest BCUT2D eigenvalue weighted by Crippen LogP contribution is -2.29. The summed E-state index contributed by atoms with van der Waals surface area (Å²) < 4.78 is 39.9. The Kier molecular flexibility index (Phi) is 6.77. The Balaban J connectivity index is 0.000000218. The molecule has 0 saturated carbocycles. The van der Waals surface area contributed by atoms with E-state index in [1.54, 1.807) is 30.7 Å². The number of nitrogens with zero attached hydrogens (tertiary/aromatic N) is 5. The molecular weight excluding hydrogens is 481 g/mol. The highest BCUT2D eigenvalue weighted by atomic mass is 35.5. The van der Waals surface area contributed by atoms with E-state index in [2.05, 4.69) is 19.9 Å². The second-order valence-electron chi connectivity index (χ2n) is 7.54. The van der Waals surface area contributed by atoms with E-state index in [9.17, 15) is 18.4 Å². The van der Waals surface area contributed by atoms with Gasteiger partial charge in [-0.05, 0) is 37.3 Å². The summed E-state index contributed by atoms with van der Waals surface area (Å²) in [6.45, 7) is 1.93. The van der Waals surface area contributed by atoms with Gasteiger partial charge in [-0.15, -0.1) is 0 Å². The molecule has 2 N–H and O–H groups in total. The molecule has 178 valence electrons. The standard InChI is InChI=1S/C16H11ClF3N3O.C8H7N3/c17-12-5-1-3-9-7-11(15(21)16(18,19)20)13(22-14(9)12)10-4-2-6-23(24)8-10;1-6-8-7(11-5-10-6)3-2-4-9-8/h1-8,15H,21H2;2-5H,1H3/t15-;/m1./s1. The van der Waals surface area contributed by atoms with Crippen molar-refractivity contribution in [2.75, 3.05) is 0 Å². The average Bonchev–Trinajstić information content (AvgIpc) is 2.83. The zero-order valence-corrected chi connectivity index (χ0v) is 19.0. The summed E-state index contributed by atoms with van der Waals surface area (Å²) in [5.74, 6) is 0. The van der Waals surface area contributed by atoms with Crippen LogP contribution in [-0.2, 0) is 0 Å². The molecule has 1 atom stereocenters. The fourth-order valence-electron chi connectivity index (χ4n) is 3.44. The third-order valence-electron chi connectivity index (χ3n) is 5.14. The van der Waals surface area contributed by atoms with Crippen LogP contribution < -0.4 is 10.5 Å². The highest BCUT2D eigenvalue weighted by Crippen LogP contribution is 2.37. The molecule has 11 heteroatoms. The zero-order chi connectivity index (χ0) is 25.2. The van der Waals surface area contributed by atoms with E-state index in [4.69, 9.17) is 17.3 Å². The van der Waals surface area contributed by atoms with Gasteiger partial charge >= 0.3 is 6.18 Å². The highest BCUT2D eigenvalue weighted by molar-refractivity contribution is 6.35. The SMILES string of the molecule is Cc1ncnc2cccnc12.N[C@H](c1cc2cccc(Cl)c2nc1-c1ccc[n+]([O-])c1)C(F)(F)F. The molecule has 0 radical (unpaired) electrons. The molecule has 7 nitrogen and oxygen atoms in total. The lowest BCUT2D eigenvalue weighted by atomic mass is 9.98. The third kappa shape index (κ3) is 5.28. The molecule has 0 spiro atoms. The lowest BCUT2D eigenvalue weighted by Gasteiger charge is -2.19. The molecule has 0 saturated heterocycles. The summed E-state index contributed by atoms with van der Waals surface area (Å²) in [5, 5.41) is 12.2. The van der Waals surface area contributed by atoms with Gasteiger partial charge in [0.25, 0.3) is 0 Å². The molecule has 5 aromatic rings. The van der Waals surface area contributed by atoms with Gasteiger partial charge in [-0.25, -0.2) is 15.0 Å². The van der Waals surface area contributed by atoms with Gasteiger partial charge < -0.3 is 10.9 Å². The maximum Gasteiger partial charge on any atom is 0.407 e. The van der Waals surface area contributed by atoms with Crippen molar-refractivity contribution < 1.29 is 17.9 Å². The Morgan fingerprint density at radius 3 is 2.54 bits per heavy atom. The van der Waals surface area contributed by atoms with E-state index in [0.29, 0.717) is 20.7 Å². The van der Waals surface area contributed by atoms with Crippen molar-refractivity contribution in [2.45, 2.75) is 19.1 Å². The van der Waals surface area contributed by atoms with Crippen molar-refractivity contribution in [3.8, 4) is 11.3 Å². The summed E-state index contributed by atoms with van der Waals surface area (Å²) in [7, 11) is 0. The number of benzene rings is 1. The van der Waals surface area contributed by atoms with Crippen molar-refractivity contribution in [2.24, 2.45) is 5.73 Å². The number of alkyl halides is 3. The number of hydrogen-bond donors (Lipinski definition) is 1. The number of aromatic nitrogens is 5. The number of aryl methyl sites for hydroxylation is 1. The van der Waals surface area contributed by atoms with Crippen molar-refractivity contribution in [1.82, 2.24) is 19.9 Å². The van der Waals surface area contributed by atoms with E-state index in [1.807, 2.05) is 19.1 Å². The van der Waals surface area contributed by atoms with Crippen LogP contribution in [0, 0.1) is 12.1 Å². The van der Waals surface area contributed by atoms with Gasteiger partial charge in [0, 0.05) is 23.2 Å². The minimum absolute atomic E-state index is 0.0226. The molecule has 0 aliphatic rings. The van der Waals surface area contributed by atoms with Crippen molar-refractivity contribution in [1.29, 1.82) is 0 Å². The monoisotopic (exact) mass is 498 g/mol. The first-order valence-corrected chi connectivity index (χ1v) is 10.7. The predicted octanol–water partition coefficient (Wildman–Crippen LogP) is 5.08. The first-order valence-electron chi connectivity index (χ1n) is 10.3. The molecule has 0 bridgehead atoms. The first-order chi connectivity index (χ1) is 16.6. The lowest BCUT2D eigenvalue weighted by molar-refractivity contribution is -0.604. The number of halogens is 4. The highest BCUT2D eigenvalue weighted by Gasteiger charge is 2.40. The van der Waals surface area contributed by atoms with Gasteiger partial charge in [-0.3, -0.25) is 4.98 Å². The van der Waals surface area contributed by atoms with E-state index in [1.165, 1.54) is 24.4 Å². The largest absolute Gasteiger partial charge is 0.619 e. The maximum absolute atomic E-state index is 13.1. The molecule has 0 amide bonds. The second kappa shape index (κ2) is 9.77. The van der Waals surface area contributed by atoms with Crippen LogP contribution in [0.2, 0.25) is 5.02 Å². The average molecular weight is 499 g/mol. The fourth-order valence-corrected chi connectivity index (χ4v) is 3.66. The molecule has 4 aromatic heterocycles. The van der Waals surface area contributed by atoms with Crippen LogP contribution in [0.1, 0.15) is 17.3 Å². The quantitative estimate of drug-likeness (QED) is 0.269. The van der Waals surface area contributed by atoms with Gasteiger partial charge in [-0.2, -0.15) is 17.9 Å². The van der Waals surface area contributed by atoms with E-state index in [-0.39, 0.29) is 16.8 Å². The summed E-state index contributed by atoms with van der Waals surface area (Å²) in [6.07, 6.45) is 1.02. The van der Waals surface area contributed by atoms with Crippen LogP contribution in [0.4, 0.5) is 13.2 Å². The van der Waals surface area contributed by atoms with Crippen molar-refractivity contribution in [3.63, 3.8) is 0 Å². The van der Waals surface area contributed by atoms with Gasteiger partial charge in [0.05, 0.1) is 33.0 Å². The molecule has 5 rings (SSSR count). The van der Waals surface area contributed by atoms with Gasteiger partial charge in [0.2, 0.25) is 0 Å². The molecule has 1 aromatic carbocycles. The number of rotatable bonds is 2. The van der Waals surface area contributed by atoms with Crippen LogP contribution in [0.5, 0.6) is 0 Å². The molecule has 35 heavy (non-hydrogen) atoms. The third-order valence-corrected chi connectivity index (χ3v) is 5.44. The van der Waals surface area contributed by atoms with Gasteiger partial charge in [0.1, 0.15) is 17.9 Å². The molecule has 0 aliphatic heterocycles. The Labute approximate surface area is 202 Å². The number of fused-ring (bicyclic) bond motifs is 2. The maximum atomic E-state index is 13.1. The summed E-state index contributed by atoms with van der Waals surface area (Å²) in [6, 6.07) is 10.6. The molecule has 0 fully saturated rings. The smallest absolute Gasteiger partial charge is 0.407 e. The van der Waals surface area contributed by atoms with Crippen molar-refractivity contribution >= 4 is 33.5 Å². The number of para-hydroxylation sites is 1. The first kappa shape index (κ1) is 24.2. The van der Waals surface area contributed by atoms with E-state index in [0.717, 1.165) is 22.9 Å². The fraction of sp³-hybridized carbons (Fsp3) is 0.125. The topological polar surface area (TPSA) is 105 Å². The minimum Gasteiger partial charge on any atom is -0.619 e. The number of nitrogens with two attached hydrogens (primary N) is 1. The Morgan fingerprint density at radius 1 is 1.03 bits per heavy atom. The van der Waals surface area contributed by atoms with Gasteiger partial charge in [-0.1, -0.05) is 23.7 Å². The van der Waals surface area contributed by atoms with Crippen LogP contribution in [-0.4, -0.2) is 26.1 Å². The molecule has 0 unspecified atom stereocenters. The Hall–Kier alpha value is -3.89. The Bertz CT molecular complexity index is 1510. The molecular formula is C24H18ClF3N6O. The summed E-state index contributed by atoms with van der Waals surface area (Å²) in [4.78, 5) is 16.5. The van der Waals surface area contributed by atoms with Crippen LogP contribution in [0.25, 0.3) is 33.2 Å². The second-order valence-corrected chi connectivity index (χ2v) is 7.95. The zero-order valence-electron chi connectivity index (χ0n) is 18.2.